The molecule has 3 heterocycles. The van der Waals surface area contributed by atoms with Crippen LogP contribution in [0.25, 0.3) is 0 Å². The van der Waals surface area contributed by atoms with Gasteiger partial charge in [-0.2, -0.15) is 17.6 Å². The molecule has 1 fully saturated rings. The van der Waals surface area contributed by atoms with Gasteiger partial charge in [-0.3, -0.25) is 14.7 Å². The summed E-state index contributed by atoms with van der Waals surface area (Å²) in [6.45, 7) is 2.99. The van der Waals surface area contributed by atoms with Crippen LogP contribution in [0.5, 0.6) is 0 Å². The largest absolute Gasteiger partial charge is 0.480 e. The van der Waals surface area contributed by atoms with Crippen LogP contribution < -0.4 is 10.2 Å². The molecule has 9 nitrogen and oxygen atoms in total. The number of anilines is 2. The number of aliphatic carboxylic acids is 1. The smallest absolute Gasteiger partial charge is 0.416 e. The van der Waals surface area contributed by atoms with Crippen LogP contribution in [-0.2, 0) is 17.5 Å². The maximum Gasteiger partial charge on any atom is 0.416 e. The highest BCUT2D eigenvalue weighted by atomic mass is 19.4. The lowest BCUT2D eigenvalue weighted by Crippen LogP contribution is -2.48. The topological polar surface area (TPSA) is 115 Å². The molecule has 2 aromatic heterocycles. The molecule has 0 aliphatic carbocycles. The number of alkyl halides is 3. The fourth-order valence-corrected chi connectivity index (χ4v) is 4.82. The summed E-state index contributed by atoms with van der Waals surface area (Å²) in [4.78, 5) is 27.2. The van der Waals surface area contributed by atoms with E-state index in [9.17, 15) is 28.2 Å². The van der Waals surface area contributed by atoms with E-state index in [1.807, 2.05) is 0 Å². The van der Waals surface area contributed by atoms with E-state index in [-0.39, 0.29) is 37.2 Å². The maximum atomic E-state index is 15.4. The van der Waals surface area contributed by atoms with E-state index in [0.717, 1.165) is 12.1 Å². The molecule has 3 aromatic rings. The molecule has 3 N–H and O–H groups in total. The van der Waals surface area contributed by atoms with Crippen LogP contribution in [-0.4, -0.2) is 68.3 Å². The third kappa shape index (κ3) is 6.83. The van der Waals surface area contributed by atoms with E-state index in [1.54, 1.807) is 28.9 Å². The number of β-amino-alcohol motifs (C(OH)–C–C–N with tert-alkyl or cyclic N) is 1. The Kier molecular flexibility index (Phi) is 9.15. The van der Waals surface area contributed by atoms with Crippen LogP contribution in [0.1, 0.15) is 36.1 Å². The average Bonchev–Trinajstić information content (AvgIpc) is 2.92. The number of benzene rings is 1. The highest BCUT2D eigenvalue weighted by molar-refractivity contribution is 5.75. The molecule has 0 saturated carbocycles. The minimum atomic E-state index is -4.44. The summed E-state index contributed by atoms with van der Waals surface area (Å²) in [5, 5.41) is 23.5. The standard InChI is InChI=1S/C27H30F4N6O3/c1-2-36(14-17-3-5-20(6-4-17)27(29,30)31)25-22(28)24(34-16-35-25)33-13-19-9-12-37(15-21(19)38)23(26(39)40)18-7-10-32-11-8-18/h3-8,10-11,16,19,21,23,38H,2,9,12-15H2,1H3,(H,39,40)(H,33,34,35)/t19-,21+,23?/m1/s1. The Morgan fingerprint density at radius 3 is 2.48 bits per heavy atom. The van der Waals surface area contributed by atoms with Gasteiger partial charge in [0.05, 0.1) is 11.7 Å². The normalized spacial score (nSPS) is 18.8. The van der Waals surface area contributed by atoms with Crippen LogP contribution in [0, 0.1) is 11.7 Å². The Balaban J connectivity index is 1.39. The first kappa shape index (κ1) is 29.2. The number of likely N-dealkylation sites (tertiary alicyclic amines) is 1. The van der Waals surface area contributed by atoms with E-state index in [0.29, 0.717) is 30.6 Å². The third-order valence-corrected chi connectivity index (χ3v) is 7.01. The summed E-state index contributed by atoms with van der Waals surface area (Å²) in [5.74, 6) is -2.09. The van der Waals surface area contributed by atoms with Crippen molar-refractivity contribution >= 4 is 17.6 Å². The second-order valence-electron chi connectivity index (χ2n) is 9.58. The summed E-state index contributed by atoms with van der Waals surface area (Å²) in [5.41, 5.74) is 0.366. The van der Waals surface area contributed by atoms with Crippen molar-refractivity contribution in [2.75, 3.05) is 36.4 Å². The predicted molar refractivity (Wildman–Crippen MR) is 139 cm³/mol. The summed E-state index contributed by atoms with van der Waals surface area (Å²) >= 11 is 0. The lowest BCUT2D eigenvalue weighted by atomic mass is 9.91. The molecule has 1 aliphatic rings. The number of carbonyl (C=O) groups is 1. The van der Waals surface area contributed by atoms with Crippen molar-refractivity contribution in [2.45, 2.75) is 38.2 Å². The van der Waals surface area contributed by atoms with Crippen molar-refractivity contribution < 1.29 is 32.6 Å². The highest BCUT2D eigenvalue weighted by Gasteiger charge is 2.35. The van der Waals surface area contributed by atoms with Gasteiger partial charge in [0.1, 0.15) is 12.4 Å². The van der Waals surface area contributed by atoms with E-state index in [1.165, 1.54) is 30.9 Å². The number of rotatable bonds is 10. The second-order valence-corrected chi connectivity index (χ2v) is 9.58. The van der Waals surface area contributed by atoms with Crippen molar-refractivity contribution in [3.05, 3.63) is 77.6 Å². The maximum absolute atomic E-state index is 15.4. The van der Waals surface area contributed by atoms with Gasteiger partial charge in [0.15, 0.2) is 11.6 Å². The number of nitrogens with zero attached hydrogens (tertiary/aromatic N) is 5. The molecule has 40 heavy (non-hydrogen) atoms. The molecule has 1 aliphatic heterocycles. The first-order valence-corrected chi connectivity index (χ1v) is 12.8. The molecule has 1 saturated heterocycles. The lowest BCUT2D eigenvalue weighted by molar-refractivity contribution is -0.145. The van der Waals surface area contributed by atoms with Crippen molar-refractivity contribution in [1.29, 1.82) is 0 Å². The monoisotopic (exact) mass is 562 g/mol. The van der Waals surface area contributed by atoms with E-state index < -0.39 is 35.7 Å². The van der Waals surface area contributed by atoms with Crippen LogP contribution in [0.3, 0.4) is 0 Å². The quantitative estimate of drug-likeness (QED) is 0.316. The molecule has 214 valence electrons. The number of carboxylic acids is 1. The summed E-state index contributed by atoms with van der Waals surface area (Å²) in [7, 11) is 0. The summed E-state index contributed by atoms with van der Waals surface area (Å²) < 4.78 is 54.0. The van der Waals surface area contributed by atoms with Crippen LogP contribution in [0.4, 0.5) is 29.2 Å². The molecule has 0 bridgehead atoms. The van der Waals surface area contributed by atoms with Gasteiger partial charge in [-0.25, -0.2) is 9.97 Å². The molecular formula is C27H30F4N6O3. The average molecular weight is 563 g/mol. The number of hydrogen-bond donors (Lipinski definition) is 3. The predicted octanol–water partition coefficient (Wildman–Crippen LogP) is 3.98. The fourth-order valence-electron chi connectivity index (χ4n) is 4.82. The number of aromatic nitrogens is 3. The van der Waals surface area contributed by atoms with Crippen LogP contribution in [0.15, 0.2) is 55.1 Å². The first-order valence-electron chi connectivity index (χ1n) is 12.8. The molecule has 1 aromatic carbocycles. The van der Waals surface area contributed by atoms with Crippen molar-refractivity contribution in [3.8, 4) is 0 Å². The van der Waals surface area contributed by atoms with Crippen molar-refractivity contribution in [3.63, 3.8) is 0 Å². The summed E-state index contributed by atoms with van der Waals surface area (Å²) in [6.07, 6.45) is -0.595. The molecule has 0 amide bonds. The third-order valence-electron chi connectivity index (χ3n) is 7.01. The van der Waals surface area contributed by atoms with Crippen LogP contribution >= 0.6 is 0 Å². The molecule has 0 radical (unpaired) electrons. The number of carboxylic acid groups (broad SMARTS) is 1. The molecular weight excluding hydrogens is 532 g/mol. The molecule has 4 rings (SSSR count). The zero-order chi connectivity index (χ0) is 28.9. The minimum Gasteiger partial charge on any atom is -0.480 e. The van der Waals surface area contributed by atoms with Gasteiger partial charge >= 0.3 is 12.1 Å². The molecule has 13 heteroatoms. The zero-order valence-electron chi connectivity index (χ0n) is 21.7. The first-order chi connectivity index (χ1) is 19.1. The summed E-state index contributed by atoms with van der Waals surface area (Å²) in [6, 6.07) is 7.01. The number of aliphatic hydroxyl groups excluding tert-OH is 1. The lowest BCUT2D eigenvalue weighted by Gasteiger charge is -2.39. The Morgan fingerprint density at radius 2 is 1.88 bits per heavy atom. The minimum absolute atomic E-state index is 0.00286. The number of piperidine rings is 1. The molecule has 0 spiro atoms. The van der Waals surface area contributed by atoms with Gasteiger partial charge in [0.25, 0.3) is 0 Å². The number of halogens is 4. The Labute approximate surface area is 228 Å². The van der Waals surface area contributed by atoms with E-state index in [2.05, 4.69) is 20.3 Å². The molecule has 1 unspecified atom stereocenters. The van der Waals surface area contributed by atoms with Gasteiger partial charge < -0.3 is 20.4 Å². The number of aliphatic hydroxyl groups is 1. The second kappa shape index (κ2) is 12.6. The fraction of sp³-hybridized carbons (Fsp3) is 0.407. The Bertz CT molecular complexity index is 1280. The van der Waals surface area contributed by atoms with E-state index >= 15 is 4.39 Å². The van der Waals surface area contributed by atoms with Crippen molar-refractivity contribution in [1.82, 2.24) is 19.9 Å². The van der Waals surface area contributed by atoms with Gasteiger partial charge in [0, 0.05) is 44.5 Å². The zero-order valence-corrected chi connectivity index (χ0v) is 21.7. The van der Waals surface area contributed by atoms with Crippen LogP contribution in [0.2, 0.25) is 0 Å². The van der Waals surface area contributed by atoms with E-state index in [4.69, 9.17) is 0 Å². The number of pyridine rings is 1. The highest BCUT2D eigenvalue weighted by Crippen LogP contribution is 2.31. The van der Waals surface area contributed by atoms with Gasteiger partial charge in [0.2, 0.25) is 5.82 Å². The number of nitrogens with one attached hydrogen (secondary N) is 1. The Morgan fingerprint density at radius 1 is 1.18 bits per heavy atom. The van der Waals surface area contributed by atoms with Gasteiger partial charge in [-0.1, -0.05) is 12.1 Å². The van der Waals surface area contributed by atoms with Gasteiger partial charge in [-0.15, -0.1) is 0 Å². The molecule has 3 atom stereocenters. The number of hydrogen-bond acceptors (Lipinski definition) is 8. The SMILES string of the molecule is CCN(Cc1ccc(C(F)(F)F)cc1)c1ncnc(NC[C@H]2CCN(C(C(=O)O)c3ccncc3)C[C@@H]2O)c1F. The Hall–Kier alpha value is -3.84. The van der Waals surface area contributed by atoms with Gasteiger partial charge in [-0.05, 0) is 55.3 Å². The van der Waals surface area contributed by atoms with Crippen molar-refractivity contribution in [2.24, 2.45) is 5.92 Å².